The average Bonchev–Trinajstić information content (AvgIpc) is 2.38. The fourth-order valence-electron chi connectivity index (χ4n) is 1.49. The standard InChI is InChI=1S/C14H20BrNO3/c1-10(2)19-8-4-7-16-14(17)12-9-11(18-3)5-6-13(12)15/h5-6,9-10H,4,7-8H2,1-3H3,(H,16,17). The van der Waals surface area contributed by atoms with Gasteiger partial charge in [-0.25, -0.2) is 0 Å². The number of hydrogen-bond donors (Lipinski definition) is 1. The molecular weight excluding hydrogens is 310 g/mol. The Balaban J connectivity index is 2.45. The molecule has 0 atom stereocenters. The molecule has 0 radical (unpaired) electrons. The van der Waals surface area contributed by atoms with Crippen LogP contribution in [0.25, 0.3) is 0 Å². The molecule has 0 bridgehead atoms. The molecule has 4 nitrogen and oxygen atoms in total. The van der Waals surface area contributed by atoms with Crippen LogP contribution >= 0.6 is 15.9 Å². The predicted molar refractivity (Wildman–Crippen MR) is 78.7 cm³/mol. The molecule has 0 saturated heterocycles. The molecule has 5 heteroatoms. The maximum atomic E-state index is 12.0. The number of carbonyl (C=O) groups excluding carboxylic acids is 1. The second kappa shape index (κ2) is 8.17. The van der Waals surface area contributed by atoms with Crippen molar-refractivity contribution in [3.05, 3.63) is 28.2 Å². The van der Waals surface area contributed by atoms with Gasteiger partial charge in [0.2, 0.25) is 0 Å². The number of nitrogens with one attached hydrogen (secondary N) is 1. The van der Waals surface area contributed by atoms with E-state index < -0.39 is 0 Å². The molecule has 1 N–H and O–H groups in total. The number of methoxy groups -OCH3 is 1. The highest BCUT2D eigenvalue weighted by atomic mass is 79.9. The van der Waals surface area contributed by atoms with E-state index in [1.165, 1.54) is 0 Å². The summed E-state index contributed by atoms with van der Waals surface area (Å²) in [6, 6.07) is 5.32. The number of carbonyl (C=O) groups is 1. The molecule has 0 spiro atoms. The highest BCUT2D eigenvalue weighted by Gasteiger charge is 2.10. The number of ether oxygens (including phenoxy) is 2. The van der Waals surface area contributed by atoms with Gasteiger partial charge in [-0.3, -0.25) is 4.79 Å². The first-order chi connectivity index (χ1) is 9.04. The van der Waals surface area contributed by atoms with E-state index in [-0.39, 0.29) is 12.0 Å². The zero-order chi connectivity index (χ0) is 14.3. The van der Waals surface area contributed by atoms with Crippen molar-refractivity contribution in [3.8, 4) is 5.75 Å². The minimum Gasteiger partial charge on any atom is -0.497 e. The van der Waals surface area contributed by atoms with Crippen molar-refractivity contribution >= 4 is 21.8 Å². The highest BCUT2D eigenvalue weighted by molar-refractivity contribution is 9.10. The molecule has 0 fully saturated rings. The van der Waals surface area contributed by atoms with E-state index in [9.17, 15) is 4.79 Å². The fraction of sp³-hybridized carbons (Fsp3) is 0.500. The van der Waals surface area contributed by atoms with Gasteiger partial charge in [-0.15, -0.1) is 0 Å². The Bertz CT molecular complexity index is 421. The number of amides is 1. The van der Waals surface area contributed by atoms with Crippen molar-refractivity contribution < 1.29 is 14.3 Å². The summed E-state index contributed by atoms with van der Waals surface area (Å²) < 4.78 is 11.3. The fourth-order valence-corrected chi connectivity index (χ4v) is 1.92. The maximum absolute atomic E-state index is 12.0. The Morgan fingerprint density at radius 2 is 2.16 bits per heavy atom. The van der Waals surface area contributed by atoms with E-state index in [0.29, 0.717) is 24.5 Å². The van der Waals surface area contributed by atoms with Crippen LogP contribution in [0.1, 0.15) is 30.6 Å². The van der Waals surface area contributed by atoms with Gasteiger partial charge in [-0.1, -0.05) is 0 Å². The van der Waals surface area contributed by atoms with Gasteiger partial charge >= 0.3 is 0 Å². The quantitative estimate of drug-likeness (QED) is 0.782. The van der Waals surface area contributed by atoms with Crippen LogP contribution in [0.2, 0.25) is 0 Å². The molecule has 1 aromatic rings. The third kappa shape index (κ3) is 5.61. The van der Waals surface area contributed by atoms with Crippen LogP contribution in [0.3, 0.4) is 0 Å². The molecule has 0 heterocycles. The van der Waals surface area contributed by atoms with Crippen LogP contribution in [0.15, 0.2) is 22.7 Å². The Morgan fingerprint density at radius 1 is 1.42 bits per heavy atom. The van der Waals surface area contributed by atoms with E-state index in [0.717, 1.165) is 10.9 Å². The average molecular weight is 330 g/mol. The second-order valence-electron chi connectivity index (χ2n) is 4.37. The number of hydrogen-bond acceptors (Lipinski definition) is 3. The zero-order valence-corrected chi connectivity index (χ0v) is 13.1. The first-order valence-corrected chi connectivity index (χ1v) is 7.07. The lowest BCUT2D eigenvalue weighted by Crippen LogP contribution is -2.26. The lowest BCUT2D eigenvalue weighted by molar-refractivity contribution is 0.0757. The third-order valence-corrected chi connectivity index (χ3v) is 3.17. The van der Waals surface area contributed by atoms with Crippen molar-refractivity contribution in [1.82, 2.24) is 5.32 Å². The lowest BCUT2D eigenvalue weighted by Gasteiger charge is -2.10. The van der Waals surface area contributed by atoms with Crippen molar-refractivity contribution in [1.29, 1.82) is 0 Å². The van der Waals surface area contributed by atoms with Crippen molar-refractivity contribution in [2.75, 3.05) is 20.3 Å². The van der Waals surface area contributed by atoms with Crippen LogP contribution in [0.5, 0.6) is 5.75 Å². The van der Waals surface area contributed by atoms with Crippen molar-refractivity contribution in [2.45, 2.75) is 26.4 Å². The molecule has 0 saturated carbocycles. The third-order valence-electron chi connectivity index (χ3n) is 2.48. The second-order valence-corrected chi connectivity index (χ2v) is 5.23. The van der Waals surface area contributed by atoms with Crippen LogP contribution in [0, 0.1) is 0 Å². The van der Waals surface area contributed by atoms with Gasteiger partial charge in [0.1, 0.15) is 5.75 Å². The summed E-state index contributed by atoms with van der Waals surface area (Å²) in [5.74, 6) is 0.548. The van der Waals surface area contributed by atoms with Gasteiger partial charge < -0.3 is 14.8 Å². The van der Waals surface area contributed by atoms with E-state index in [2.05, 4.69) is 21.2 Å². The Hall–Kier alpha value is -1.07. The zero-order valence-electron chi connectivity index (χ0n) is 11.5. The van der Waals surface area contributed by atoms with Crippen LogP contribution < -0.4 is 10.1 Å². The van der Waals surface area contributed by atoms with E-state index in [1.807, 2.05) is 13.8 Å². The SMILES string of the molecule is COc1ccc(Br)c(C(=O)NCCCOC(C)C)c1. The summed E-state index contributed by atoms with van der Waals surface area (Å²) in [6.07, 6.45) is 1.02. The van der Waals surface area contributed by atoms with Crippen molar-refractivity contribution in [2.24, 2.45) is 0 Å². The summed E-state index contributed by atoms with van der Waals surface area (Å²) in [4.78, 5) is 12.0. The van der Waals surface area contributed by atoms with E-state index >= 15 is 0 Å². The Morgan fingerprint density at radius 3 is 2.79 bits per heavy atom. The Labute approximate surface area is 122 Å². The monoisotopic (exact) mass is 329 g/mol. The summed E-state index contributed by atoms with van der Waals surface area (Å²) in [6.45, 7) is 5.23. The smallest absolute Gasteiger partial charge is 0.252 e. The Kier molecular flexibility index (Phi) is 6.87. The van der Waals surface area contributed by atoms with Crippen LogP contribution in [-0.4, -0.2) is 32.3 Å². The van der Waals surface area contributed by atoms with Crippen molar-refractivity contribution in [3.63, 3.8) is 0 Å². The lowest BCUT2D eigenvalue weighted by atomic mass is 10.2. The molecule has 19 heavy (non-hydrogen) atoms. The molecule has 1 amide bonds. The molecule has 0 aliphatic heterocycles. The van der Waals surface area contributed by atoms with E-state index in [1.54, 1.807) is 25.3 Å². The minimum absolute atomic E-state index is 0.115. The summed E-state index contributed by atoms with van der Waals surface area (Å²) in [5, 5.41) is 2.86. The topological polar surface area (TPSA) is 47.6 Å². The maximum Gasteiger partial charge on any atom is 0.252 e. The number of halogens is 1. The van der Waals surface area contributed by atoms with Crippen LogP contribution in [0.4, 0.5) is 0 Å². The van der Waals surface area contributed by atoms with Gasteiger partial charge in [0, 0.05) is 17.6 Å². The normalized spacial score (nSPS) is 10.6. The van der Waals surface area contributed by atoms with Gasteiger partial charge in [0.15, 0.2) is 0 Å². The highest BCUT2D eigenvalue weighted by Crippen LogP contribution is 2.22. The van der Waals surface area contributed by atoms with Gasteiger partial charge in [0.25, 0.3) is 5.91 Å². The van der Waals surface area contributed by atoms with E-state index in [4.69, 9.17) is 9.47 Å². The van der Waals surface area contributed by atoms with Gasteiger partial charge in [0.05, 0.1) is 18.8 Å². The molecular formula is C14H20BrNO3. The minimum atomic E-state index is -0.115. The summed E-state index contributed by atoms with van der Waals surface area (Å²) in [5.41, 5.74) is 0.573. The predicted octanol–water partition coefficient (Wildman–Crippen LogP) is 3.00. The summed E-state index contributed by atoms with van der Waals surface area (Å²) in [7, 11) is 1.58. The first-order valence-electron chi connectivity index (χ1n) is 6.28. The molecule has 0 aliphatic rings. The number of benzene rings is 1. The van der Waals surface area contributed by atoms with Gasteiger partial charge in [-0.05, 0) is 54.4 Å². The molecule has 1 aromatic carbocycles. The molecule has 0 aromatic heterocycles. The first kappa shape index (κ1) is 16.0. The van der Waals surface area contributed by atoms with Crippen LogP contribution in [-0.2, 0) is 4.74 Å². The van der Waals surface area contributed by atoms with Gasteiger partial charge in [-0.2, -0.15) is 0 Å². The summed E-state index contributed by atoms with van der Waals surface area (Å²) >= 11 is 3.36. The molecule has 0 aliphatic carbocycles. The molecule has 1 rings (SSSR count). The molecule has 0 unspecified atom stereocenters. The largest absolute Gasteiger partial charge is 0.497 e. The molecule has 106 valence electrons. The number of rotatable bonds is 7.